The van der Waals surface area contributed by atoms with Gasteiger partial charge in [0.25, 0.3) is 9.84 Å². The second-order valence-electron chi connectivity index (χ2n) is 2.63. The van der Waals surface area contributed by atoms with Crippen LogP contribution < -0.4 is 0 Å². The van der Waals surface area contributed by atoms with Crippen molar-refractivity contribution in [3.63, 3.8) is 0 Å². The zero-order valence-corrected chi connectivity index (χ0v) is 6.67. The molecule has 0 aromatic rings. The van der Waals surface area contributed by atoms with Gasteiger partial charge in [0.15, 0.2) is 0 Å². The molecule has 2 nitrogen and oxygen atoms in total. The van der Waals surface area contributed by atoms with E-state index in [0.717, 1.165) is 0 Å². The van der Waals surface area contributed by atoms with E-state index in [1.165, 1.54) is 0 Å². The molecule has 0 aliphatic carbocycles. The fraction of sp³-hybridized carbons (Fsp3) is 1.00. The highest BCUT2D eigenvalue weighted by atomic mass is 32.2. The van der Waals surface area contributed by atoms with Crippen LogP contribution in [-0.4, -0.2) is 18.9 Å². The van der Waals surface area contributed by atoms with Gasteiger partial charge in [-0.15, -0.1) is 0 Å². The van der Waals surface area contributed by atoms with Crippen molar-refractivity contribution in [3.8, 4) is 0 Å². The van der Waals surface area contributed by atoms with Gasteiger partial charge in [0.1, 0.15) is 0 Å². The minimum Gasteiger partial charge on any atom is -0.216 e. The van der Waals surface area contributed by atoms with Gasteiger partial charge in [0, 0.05) is 12.8 Å². The maximum absolute atomic E-state index is 12.4. The van der Waals surface area contributed by atoms with Crippen molar-refractivity contribution in [2.45, 2.75) is 29.8 Å². The van der Waals surface area contributed by atoms with E-state index in [4.69, 9.17) is 0 Å². The molecular formula is C5H6F4O2S. The molecule has 1 aliphatic rings. The van der Waals surface area contributed by atoms with Gasteiger partial charge in [0.2, 0.25) is 0 Å². The summed E-state index contributed by atoms with van der Waals surface area (Å²) >= 11 is 0. The van der Waals surface area contributed by atoms with E-state index in [1.54, 1.807) is 0 Å². The molecule has 0 radical (unpaired) electrons. The molecule has 0 N–H and O–H groups in total. The molecule has 72 valence electrons. The predicted octanol–water partition coefficient (Wildman–Crippen LogP) is 1.77. The number of sulfone groups is 1. The Labute approximate surface area is 66.5 Å². The second-order valence-corrected chi connectivity index (χ2v) is 4.83. The number of alkyl halides is 4. The third-order valence-electron chi connectivity index (χ3n) is 1.72. The maximum atomic E-state index is 12.4. The third kappa shape index (κ3) is 1.10. The first-order chi connectivity index (χ1) is 5.21. The lowest BCUT2D eigenvalue weighted by molar-refractivity contribution is 0.00467. The number of hydrogen-bond donors (Lipinski definition) is 0. The fourth-order valence-corrected chi connectivity index (χ4v) is 2.25. The Morgan fingerprint density at radius 2 is 1.25 bits per heavy atom. The average molecular weight is 206 g/mol. The Morgan fingerprint density at radius 1 is 0.917 bits per heavy atom. The monoisotopic (exact) mass is 206 g/mol. The van der Waals surface area contributed by atoms with Crippen LogP contribution in [0.4, 0.5) is 17.6 Å². The van der Waals surface area contributed by atoms with Crippen LogP contribution in [0.5, 0.6) is 0 Å². The van der Waals surface area contributed by atoms with E-state index in [0.29, 0.717) is 0 Å². The van der Waals surface area contributed by atoms with Gasteiger partial charge in [-0.2, -0.15) is 17.6 Å². The second kappa shape index (κ2) is 2.34. The van der Waals surface area contributed by atoms with Crippen LogP contribution in [-0.2, 0) is 9.84 Å². The first-order valence-corrected chi connectivity index (χ1v) is 4.69. The third-order valence-corrected chi connectivity index (χ3v) is 3.70. The Morgan fingerprint density at radius 3 is 1.50 bits per heavy atom. The number of hydrogen-bond acceptors (Lipinski definition) is 2. The van der Waals surface area contributed by atoms with Gasteiger partial charge < -0.3 is 0 Å². The molecule has 0 amide bonds. The molecule has 0 saturated carbocycles. The highest BCUT2D eigenvalue weighted by molar-refractivity contribution is 7.93. The fourth-order valence-electron chi connectivity index (χ4n) is 0.987. The number of halogens is 4. The summed E-state index contributed by atoms with van der Waals surface area (Å²) in [6.07, 6.45) is -2.49. The molecule has 0 unspecified atom stereocenters. The summed E-state index contributed by atoms with van der Waals surface area (Å²) in [5, 5.41) is -8.54. The van der Waals surface area contributed by atoms with Crippen molar-refractivity contribution in [2.75, 3.05) is 0 Å². The van der Waals surface area contributed by atoms with Crippen LogP contribution in [0.25, 0.3) is 0 Å². The molecule has 7 heteroatoms. The molecule has 1 aliphatic heterocycles. The van der Waals surface area contributed by atoms with Crippen molar-refractivity contribution in [3.05, 3.63) is 0 Å². The SMILES string of the molecule is O=S1(=O)C(F)(F)CCCC1(F)F. The minimum absolute atomic E-state index is 0.473. The van der Waals surface area contributed by atoms with E-state index in [9.17, 15) is 26.0 Å². The van der Waals surface area contributed by atoms with E-state index in [1.807, 2.05) is 0 Å². The topological polar surface area (TPSA) is 34.1 Å². The molecule has 0 atom stereocenters. The van der Waals surface area contributed by atoms with Gasteiger partial charge in [0.05, 0.1) is 0 Å². The highest BCUT2D eigenvalue weighted by Crippen LogP contribution is 2.45. The van der Waals surface area contributed by atoms with Crippen LogP contribution in [0.2, 0.25) is 0 Å². The van der Waals surface area contributed by atoms with Gasteiger partial charge in [-0.1, -0.05) is 0 Å². The van der Waals surface area contributed by atoms with Crippen LogP contribution in [0.1, 0.15) is 19.3 Å². The summed E-state index contributed by atoms with van der Waals surface area (Å²) in [7, 11) is -5.61. The predicted molar refractivity (Wildman–Crippen MR) is 32.7 cm³/mol. The molecule has 12 heavy (non-hydrogen) atoms. The lowest BCUT2D eigenvalue weighted by atomic mass is 10.2. The van der Waals surface area contributed by atoms with Gasteiger partial charge in [-0.25, -0.2) is 8.42 Å². The molecule has 0 spiro atoms. The lowest BCUT2D eigenvalue weighted by Gasteiger charge is -2.28. The zero-order valence-electron chi connectivity index (χ0n) is 5.86. The summed E-state index contributed by atoms with van der Waals surface area (Å²) in [6, 6.07) is 0. The van der Waals surface area contributed by atoms with Gasteiger partial charge in [-0.05, 0) is 6.42 Å². The normalized spacial score (nSPS) is 31.3. The van der Waals surface area contributed by atoms with Crippen molar-refractivity contribution >= 4 is 9.84 Å². The molecule has 1 heterocycles. The molecular weight excluding hydrogens is 200 g/mol. The smallest absolute Gasteiger partial charge is 0.216 e. The average Bonchev–Trinajstić information content (AvgIpc) is 1.83. The van der Waals surface area contributed by atoms with Gasteiger partial charge >= 0.3 is 10.5 Å². The quantitative estimate of drug-likeness (QED) is 0.566. The largest absolute Gasteiger partial charge is 0.351 e. The summed E-state index contributed by atoms with van der Waals surface area (Å²) in [6.45, 7) is 0. The van der Waals surface area contributed by atoms with Crippen molar-refractivity contribution < 1.29 is 26.0 Å². The van der Waals surface area contributed by atoms with Crippen molar-refractivity contribution in [1.29, 1.82) is 0 Å². The summed E-state index contributed by atoms with van der Waals surface area (Å²) < 4.78 is 70.6. The maximum Gasteiger partial charge on any atom is 0.351 e. The van der Waals surface area contributed by atoms with Crippen molar-refractivity contribution in [2.24, 2.45) is 0 Å². The van der Waals surface area contributed by atoms with E-state index in [-0.39, 0.29) is 0 Å². The molecule has 0 aromatic carbocycles. The standard InChI is InChI=1S/C5H6F4O2S/c6-4(7)2-1-3-5(8,9)12(4,10)11/h1-3H2. The Bertz CT molecular complexity index is 260. The van der Waals surface area contributed by atoms with Crippen LogP contribution in [0.15, 0.2) is 0 Å². The van der Waals surface area contributed by atoms with Crippen LogP contribution >= 0.6 is 0 Å². The van der Waals surface area contributed by atoms with Gasteiger partial charge in [-0.3, -0.25) is 0 Å². The highest BCUT2D eigenvalue weighted by Gasteiger charge is 2.62. The zero-order chi connectivity index (χ0) is 9.62. The van der Waals surface area contributed by atoms with E-state index >= 15 is 0 Å². The number of rotatable bonds is 0. The molecule has 0 aromatic heterocycles. The van der Waals surface area contributed by atoms with Crippen molar-refractivity contribution in [1.82, 2.24) is 0 Å². The Balaban J connectivity index is 3.17. The molecule has 1 rings (SSSR count). The van der Waals surface area contributed by atoms with E-state index in [2.05, 4.69) is 0 Å². The first kappa shape index (κ1) is 9.76. The first-order valence-electron chi connectivity index (χ1n) is 3.20. The Hall–Kier alpha value is -0.330. The lowest BCUT2D eigenvalue weighted by Crippen LogP contribution is -2.45. The van der Waals surface area contributed by atoms with Crippen LogP contribution in [0.3, 0.4) is 0 Å². The molecule has 0 bridgehead atoms. The van der Waals surface area contributed by atoms with Crippen LogP contribution in [0, 0.1) is 0 Å². The minimum atomic E-state index is -5.61. The summed E-state index contributed by atoms with van der Waals surface area (Å²) in [4.78, 5) is 0. The summed E-state index contributed by atoms with van der Waals surface area (Å²) in [5.74, 6) is 0. The summed E-state index contributed by atoms with van der Waals surface area (Å²) in [5.41, 5.74) is 0. The van der Waals surface area contributed by atoms with E-state index < -0.39 is 39.6 Å². The Kier molecular flexibility index (Phi) is 1.90. The molecule has 1 fully saturated rings. The molecule has 1 saturated heterocycles.